The number of fused-ring (bicyclic) bond motifs is 1. The molecule has 0 bridgehead atoms. The van der Waals surface area contributed by atoms with Gasteiger partial charge in [0.25, 0.3) is 0 Å². The number of nitrogens with two attached hydrogens (primary N) is 1. The summed E-state index contributed by atoms with van der Waals surface area (Å²) in [6, 6.07) is 31.8. The van der Waals surface area contributed by atoms with Crippen LogP contribution >= 0.6 is 35.2 Å². The summed E-state index contributed by atoms with van der Waals surface area (Å²) in [6.07, 6.45) is -5.39. The molecule has 5 aromatic rings. The number of thioether (sulfide) groups is 1. The van der Waals surface area contributed by atoms with E-state index in [4.69, 9.17) is 19.5 Å². The van der Waals surface area contributed by atoms with Crippen LogP contribution in [0.5, 0.6) is 0 Å². The number of nitrogens with zero attached hydrogens (tertiary/aromatic N) is 6. The first-order valence-electron chi connectivity index (χ1n) is 24.8. The lowest BCUT2D eigenvalue weighted by Gasteiger charge is -2.42. The highest BCUT2D eigenvalue weighted by atomic mass is 32.2. The smallest absolute Gasteiger partial charge is 0.386 e. The Hall–Kier alpha value is -5.33. The topological polar surface area (TPSA) is 391 Å². The molecule has 2 saturated heterocycles. The Morgan fingerprint density at radius 1 is 0.899 bits per heavy atom. The number of phosphoric ester groups is 3. The van der Waals surface area contributed by atoms with Crippen LogP contribution in [0, 0.1) is 16.7 Å². The molecule has 0 aliphatic carbocycles. The SMILES string of the molecule is CC(C)(COP(=O)(O)OP(=O)(O)OCC1OC(n2cnc3c(N)ncnc32)C(O)C1OP(=O)(O)O)C(O)C(=O)NCCC(=O)NCCSC(=O)C1(c2ccccc2)CCN(CCC(C#N)(c2ccccc2)c2ccccc2)CC1. The van der Waals surface area contributed by atoms with Crippen LogP contribution in [0.1, 0.15) is 62.4 Å². The second kappa shape index (κ2) is 26.1. The first kappa shape index (κ1) is 61.3. The first-order valence-corrected chi connectivity index (χ1v) is 30.3. The van der Waals surface area contributed by atoms with Gasteiger partial charge in [-0.15, -0.1) is 0 Å². The second-order valence-corrected chi connectivity index (χ2v) is 24.8. The molecule has 2 aromatic heterocycles. The monoisotopic (exact) mass is 1170 g/mol. The number of aromatic nitrogens is 4. The number of carbonyl (C=O) groups excluding carboxylic acids is 3. The van der Waals surface area contributed by atoms with Gasteiger partial charge in [-0.1, -0.05) is 117 Å². The number of nitrogens with one attached hydrogen (secondary N) is 2. The van der Waals surface area contributed by atoms with E-state index in [9.17, 15) is 63.1 Å². The van der Waals surface area contributed by atoms with Gasteiger partial charge in [0.15, 0.2) is 22.8 Å². The fraction of sp³-hybridized carbons (Fsp3) is 0.449. The number of nitrogen functional groups attached to an aromatic ring is 1. The molecular formula is C49H62N9O17P3S. The summed E-state index contributed by atoms with van der Waals surface area (Å²) < 4.78 is 62.9. The highest BCUT2D eigenvalue weighted by Gasteiger charge is 2.51. The normalized spacial score (nSPS) is 20.8. The van der Waals surface area contributed by atoms with Gasteiger partial charge in [-0.05, 0) is 49.0 Å². The number of ether oxygens (including phenoxy) is 1. The zero-order valence-electron chi connectivity index (χ0n) is 42.9. The molecule has 0 spiro atoms. The van der Waals surface area contributed by atoms with Gasteiger partial charge in [-0.25, -0.2) is 28.6 Å². The van der Waals surface area contributed by atoms with E-state index in [2.05, 4.69) is 45.4 Å². The van der Waals surface area contributed by atoms with Crippen molar-refractivity contribution in [3.05, 3.63) is 120 Å². The summed E-state index contributed by atoms with van der Waals surface area (Å²) in [5.74, 6) is -1.24. The van der Waals surface area contributed by atoms with Crippen LogP contribution in [-0.2, 0) is 61.5 Å². The van der Waals surface area contributed by atoms with Gasteiger partial charge in [0.2, 0.25) is 11.8 Å². The molecule has 0 saturated carbocycles. The molecule has 26 nitrogen and oxygen atoms in total. The third-order valence-electron chi connectivity index (χ3n) is 13.7. The summed E-state index contributed by atoms with van der Waals surface area (Å²) in [7, 11) is -16.5. The lowest BCUT2D eigenvalue weighted by molar-refractivity contribution is -0.137. The summed E-state index contributed by atoms with van der Waals surface area (Å²) in [6.45, 7) is 2.26. The number of nitriles is 1. The number of imidazole rings is 1. The Morgan fingerprint density at radius 3 is 2.11 bits per heavy atom. The molecule has 7 atom stereocenters. The van der Waals surface area contributed by atoms with Crippen molar-refractivity contribution in [2.45, 2.75) is 81.0 Å². The van der Waals surface area contributed by atoms with Gasteiger partial charge in [0.1, 0.15) is 41.7 Å². The predicted octanol–water partition coefficient (Wildman–Crippen LogP) is 3.60. The van der Waals surface area contributed by atoms with E-state index >= 15 is 0 Å². The van der Waals surface area contributed by atoms with E-state index in [-0.39, 0.29) is 47.4 Å². The standard InChI is InChI=1S/C49H62N9O17P3S/c1-47(2,30-72-78(69,70)75-77(67,68)71-28-36-40(74-76(64,65)66)39(60)45(73-36)58-32-56-38-42(51)54-31-55-43(38)58)41(61)44(62)53-22-18-37(59)52-23-27-79-46(63)48(33-12-6-3-7-13-33)19-24-57(25-20-48)26-21-49(29-50,34-14-8-4-9-15-34)35-16-10-5-11-17-35/h3-17,31-32,36,39-41,45,60-61H,18-28,30H2,1-2H3,(H,52,59)(H,53,62)(H,67,68)(H,69,70)(H2,51,54,55)(H2,64,65,66). The Kier molecular flexibility index (Phi) is 20.2. The number of aliphatic hydroxyl groups excluding tert-OH is 2. The van der Waals surface area contributed by atoms with E-state index in [0.717, 1.165) is 45.7 Å². The number of hydrogen-bond acceptors (Lipinski definition) is 20. The third-order valence-corrected chi connectivity index (χ3v) is 17.8. The van der Waals surface area contributed by atoms with Crippen molar-refractivity contribution in [1.29, 1.82) is 5.26 Å². The lowest BCUT2D eigenvalue weighted by atomic mass is 9.72. The zero-order chi connectivity index (χ0) is 57.2. The Bertz CT molecular complexity index is 3050. The molecule has 7 unspecified atom stereocenters. The molecular weight excluding hydrogens is 1110 g/mol. The minimum atomic E-state index is -5.61. The molecule has 7 rings (SSSR count). The van der Waals surface area contributed by atoms with Crippen molar-refractivity contribution < 1.29 is 80.5 Å². The van der Waals surface area contributed by atoms with Gasteiger partial charge < -0.3 is 55.8 Å². The van der Waals surface area contributed by atoms with E-state index < -0.39 is 95.4 Å². The molecule has 2 amide bonds. The Labute approximate surface area is 458 Å². The van der Waals surface area contributed by atoms with E-state index in [1.807, 2.05) is 91.0 Å². The largest absolute Gasteiger partial charge is 0.481 e. The number of anilines is 1. The molecule has 10 N–H and O–H groups in total. The van der Waals surface area contributed by atoms with Crippen LogP contribution in [0.25, 0.3) is 11.2 Å². The maximum Gasteiger partial charge on any atom is 0.481 e. The lowest BCUT2D eigenvalue weighted by Crippen LogP contribution is -2.47. The highest BCUT2D eigenvalue weighted by molar-refractivity contribution is 8.13. The van der Waals surface area contributed by atoms with Crippen molar-refractivity contribution in [2.75, 3.05) is 57.4 Å². The number of phosphoric acid groups is 3. The fourth-order valence-electron chi connectivity index (χ4n) is 9.35. The molecule has 4 heterocycles. The molecule has 0 radical (unpaired) electrons. The summed E-state index contributed by atoms with van der Waals surface area (Å²) >= 11 is 1.13. The third kappa shape index (κ3) is 15.4. The van der Waals surface area contributed by atoms with Crippen molar-refractivity contribution in [3.63, 3.8) is 0 Å². The van der Waals surface area contributed by atoms with Crippen LogP contribution in [0.4, 0.5) is 5.82 Å². The molecule has 30 heteroatoms. The highest BCUT2D eigenvalue weighted by Crippen LogP contribution is 2.61. The number of amides is 2. The van der Waals surface area contributed by atoms with E-state index in [1.54, 1.807) is 0 Å². The van der Waals surface area contributed by atoms with Gasteiger partial charge in [0, 0.05) is 37.2 Å². The second-order valence-electron chi connectivity index (χ2n) is 19.5. The Morgan fingerprint density at radius 2 is 1.51 bits per heavy atom. The molecule has 2 fully saturated rings. The van der Waals surface area contributed by atoms with Gasteiger partial charge in [-0.2, -0.15) is 9.57 Å². The van der Waals surface area contributed by atoms with Crippen molar-refractivity contribution in [1.82, 2.24) is 35.1 Å². The summed E-state index contributed by atoms with van der Waals surface area (Å²) in [4.78, 5) is 93.7. The molecule has 426 valence electrons. The number of carbonyl (C=O) groups is 3. The summed E-state index contributed by atoms with van der Waals surface area (Å²) in [5.41, 5.74) is 5.37. The van der Waals surface area contributed by atoms with Crippen LogP contribution in [0.15, 0.2) is 104 Å². The quantitative estimate of drug-likeness (QED) is 0.0282. The molecule has 2 aliphatic rings. The molecule has 79 heavy (non-hydrogen) atoms. The van der Waals surface area contributed by atoms with Crippen LogP contribution in [-0.4, -0.2) is 147 Å². The van der Waals surface area contributed by atoms with Crippen molar-refractivity contribution in [3.8, 4) is 6.07 Å². The van der Waals surface area contributed by atoms with E-state index in [1.165, 1.54) is 13.8 Å². The average Bonchev–Trinajstić information content (AvgIpc) is 4.05. The number of benzene rings is 3. The zero-order valence-corrected chi connectivity index (χ0v) is 46.4. The minimum absolute atomic E-state index is 0.0236. The van der Waals surface area contributed by atoms with E-state index in [0.29, 0.717) is 38.9 Å². The number of rotatable bonds is 26. The number of aliphatic hydroxyl groups is 2. The van der Waals surface area contributed by atoms with Gasteiger partial charge in [0.05, 0.1) is 31.0 Å². The number of piperidine rings is 1. The fourth-order valence-corrected chi connectivity index (χ4v) is 13.2. The van der Waals surface area contributed by atoms with Crippen molar-refractivity contribution in [2.24, 2.45) is 5.41 Å². The maximum atomic E-state index is 14.2. The maximum absolute atomic E-state index is 14.2. The van der Waals surface area contributed by atoms with Gasteiger partial charge in [-0.3, -0.25) is 32.5 Å². The van der Waals surface area contributed by atoms with Gasteiger partial charge >= 0.3 is 23.5 Å². The summed E-state index contributed by atoms with van der Waals surface area (Å²) in [5, 5.41) is 37.6. The van der Waals surface area contributed by atoms with Crippen LogP contribution < -0.4 is 16.4 Å². The minimum Gasteiger partial charge on any atom is -0.386 e. The number of hydrogen-bond donors (Lipinski definition) is 9. The number of likely N-dealkylation sites (tertiary alicyclic amines) is 1. The van der Waals surface area contributed by atoms with Crippen LogP contribution in [0.2, 0.25) is 0 Å². The Balaban J connectivity index is 0.832. The molecule has 2 aliphatic heterocycles. The van der Waals surface area contributed by atoms with Crippen LogP contribution in [0.3, 0.4) is 0 Å². The predicted molar refractivity (Wildman–Crippen MR) is 285 cm³/mol. The first-order chi connectivity index (χ1) is 37.4. The molecule has 3 aromatic carbocycles. The van der Waals surface area contributed by atoms with Crippen molar-refractivity contribution >= 4 is 69.1 Å². The average molecular weight is 1170 g/mol.